The fourth-order valence-electron chi connectivity index (χ4n) is 2.17. The molecule has 18 heavy (non-hydrogen) atoms. The van der Waals surface area contributed by atoms with Gasteiger partial charge in [0.15, 0.2) is 14.9 Å². The Morgan fingerprint density at radius 2 is 2.22 bits per heavy atom. The van der Waals surface area contributed by atoms with Gasteiger partial charge in [0.25, 0.3) is 0 Å². The zero-order valence-corrected chi connectivity index (χ0v) is 12.3. The highest BCUT2D eigenvalue weighted by molar-refractivity contribution is 7.91. The molecule has 3 unspecified atom stereocenters. The number of halogens is 1. The van der Waals surface area contributed by atoms with Crippen molar-refractivity contribution >= 4 is 38.8 Å². The van der Waals surface area contributed by atoms with E-state index in [0.29, 0.717) is 11.7 Å². The summed E-state index contributed by atoms with van der Waals surface area (Å²) in [7, 11) is -3.03. The maximum Gasteiger partial charge on any atom is 0.166 e. The Kier molecular flexibility index (Phi) is 4.69. The Morgan fingerprint density at radius 1 is 1.44 bits per heavy atom. The fourth-order valence-corrected chi connectivity index (χ4v) is 4.95. The van der Waals surface area contributed by atoms with E-state index in [4.69, 9.17) is 28.6 Å². The Balaban J connectivity index is 1.74. The van der Waals surface area contributed by atoms with Gasteiger partial charge >= 0.3 is 0 Å². The minimum Gasteiger partial charge on any atom is -0.376 e. The van der Waals surface area contributed by atoms with Crippen molar-refractivity contribution in [1.82, 2.24) is 10.6 Å². The van der Waals surface area contributed by atoms with Crippen LogP contribution in [-0.4, -0.2) is 55.7 Å². The molecule has 2 aliphatic rings. The van der Waals surface area contributed by atoms with E-state index < -0.39 is 15.2 Å². The Hall–Kier alpha value is -0.110. The smallest absolute Gasteiger partial charge is 0.166 e. The topological polar surface area (TPSA) is 67.4 Å². The van der Waals surface area contributed by atoms with Crippen molar-refractivity contribution in [3.63, 3.8) is 0 Å². The molecule has 2 aliphatic heterocycles. The molecule has 2 saturated heterocycles. The van der Waals surface area contributed by atoms with Gasteiger partial charge in [-0.05, 0) is 25.1 Å². The van der Waals surface area contributed by atoms with Crippen molar-refractivity contribution < 1.29 is 13.2 Å². The number of hydrogen-bond donors (Lipinski definition) is 2. The van der Waals surface area contributed by atoms with Gasteiger partial charge in [-0.15, -0.1) is 11.6 Å². The third-order valence-corrected chi connectivity index (χ3v) is 5.75. The fraction of sp³-hybridized carbons (Fsp3) is 0.900. The summed E-state index contributed by atoms with van der Waals surface area (Å²) in [4.78, 5) is 0. The number of thiocarbonyl (C=S) groups is 1. The van der Waals surface area contributed by atoms with Gasteiger partial charge in [0, 0.05) is 13.2 Å². The summed E-state index contributed by atoms with van der Waals surface area (Å²) >= 11 is 11.1. The lowest BCUT2D eigenvalue weighted by atomic mass is 10.2. The van der Waals surface area contributed by atoms with E-state index in [1.165, 1.54) is 0 Å². The Bertz CT molecular complexity index is 409. The van der Waals surface area contributed by atoms with Crippen molar-refractivity contribution in [2.24, 2.45) is 0 Å². The maximum atomic E-state index is 11.4. The molecule has 0 spiro atoms. The first-order chi connectivity index (χ1) is 8.46. The molecule has 3 atom stereocenters. The first kappa shape index (κ1) is 14.3. The number of alkyl halides is 1. The minimum absolute atomic E-state index is 0.0145. The van der Waals surface area contributed by atoms with Crippen LogP contribution in [0, 0.1) is 0 Å². The summed E-state index contributed by atoms with van der Waals surface area (Å²) in [5.74, 6) is 0.0590. The van der Waals surface area contributed by atoms with Crippen molar-refractivity contribution in [1.29, 1.82) is 0 Å². The average Bonchev–Trinajstić information content (AvgIpc) is 2.84. The normalized spacial score (nSPS) is 34.4. The van der Waals surface area contributed by atoms with Gasteiger partial charge in [0.2, 0.25) is 0 Å². The first-order valence-electron chi connectivity index (χ1n) is 5.97. The van der Waals surface area contributed by atoms with Crippen LogP contribution in [0.15, 0.2) is 0 Å². The van der Waals surface area contributed by atoms with E-state index >= 15 is 0 Å². The zero-order valence-electron chi connectivity index (χ0n) is 9.89. The number of sulfone groups is 1. The molecule has 2 rings (SSSR count). The SMILES string of the molecule is O=S1(=O)CC(Cl)C(NC(=S)NCC2CCCO2)C1. The highest BCUT2D eigenvalue weighted by Gasteiger charge is 2.36. The molecule has 0 saturated carbocycles. The molecule has 2 heterocycles. The molecule has 0 radical (unpaired) electrons. The molecule has 2 fully saturated rings. The van der Waals surface area contributed by atoms with Crippen LogP contribution in [0.2, 0.25) is 0 Å². The van der Waals surface area contributed by atoms with Gasteiger partial charge in [0.05, 0.1) is 29.0 Å². The number of ether oxygens (including phenoxy) is 1. The lowest BCUT2D eigenvalue weighted by molar-refractivity contribution is 0.114. The van der Waals surface area contributed by atoms with E-state index in [0.717, 1.165) is 19.4 Å². The first-order valence-corrected chi connectivity index (χ1v) is 8.63. The predicted octanol–water partition coefficient (Wildman–Crippen LogP) is 0.0339. The molecule has 2 N–H and O–H groups in total. The second kappa shape index (κ2) is 5.90. The van der Waals surface area contributed by atoms with Gasteiger partial charge in [-0.25, -0.2) is 8.42 Å². The van der Waals surface area contributed by atoms with E-state index in [1.807, 2.05) is 0 Å². The molecule has 0 aromatic carbocycles. The summed E-state index contributed by atoms with van der Waals surface area (Å²) in [5.41, 5.74) is 0. The van der Waals surface area contributed by atoms with Crippen molar-refractivity contribution in [2.45, 2.75) is 30.4 Å². The monoisotopic (exact) mass is 312 g/mol. The molecule has 0 amide bonds. The van der Waals surface area contributed by atoms with E-state index in [-0.39, 0.29) is 23.7 Å². The quantitative estimate of drug-likeness (QED) is 0.566. The highest BCUT2D eigenvalue weighted by atomic mass is 35.5. The van der Waals surface area contributed by atoms with Crippen LogP contribution in [-0.2, 0) is 14.6 Å². The van der Waals surface area contributed by atoms with Crippen LogP contribution in [0.25, 0.3) is 0 Å². The van der Waals surface area contributed by atoms with Crippen LogP contribution >= 0.6 is 23.8 Å². The molecular formula is C10H17ClN2O3S2. The molecule has 0 aromatic heterocycles. The molecule has 104 valence electrons. The largest absolute Gasteiger partial charge is 0.376 e. The van der Waals surface area contributed by atoms with Crippen LogP contribution < -0.4 is 10.6 Å². The number of hydrogen-bond acceptors (Lipinski definition) is 4. The van der Waals surface area contributed by atoms with Gasteiger partial charge in [-0.3, -0.25) is 0 Å². The summed E-state index contributed by atoms with van der Waals surface area (Å²) < 4.78 is 28.2. The molecule has 0 bridgehead atoms. The molecule has 0 aromatic rings. The van der Waals surface area contributed by atoms with Gasteiger partial charge in [-0.2, -0.15) is 0 Å². The van der Waals surface area contributed by atoms with Crippen LogP contribution in [0.3, 0.4) is 0 Å². The Morgan fingerprint density at radius 3 is 2.78 bits per heavy atom. The zero-order chi connectivity index (χ0) is 13.2. The molecule has 8 heteroatoms. The second-order valence-corrected chi connectivity index (χ2v) is 7.81. The summed E-state index contributed by atoms with van der Waals surface area (Å²) in [6.45, 7) is 1.45. The van der Waals surface area contributed by atoms with Crippen LogP contribution in [0.5, 0.6) is 0 Å². The average molecular weight is 313 g/mol. The lowest BCUT2D eigenvalue weighted by Gasteiger charge is -2.19. The summed E-state index contributed by atoms with van der Waals surface area (Å²) in [6, 6.07) is -0.304. The number of rotatable bonds is 3. The van der Waals surface area contributed by atoms with Gasteiger partial charge < -0.3 is 15.4 Å². The molecule has 5 nitrogen and oxygen atoms in total. The van der Waals surface area contributed by atoms with E-state index in [1.54, 1.807) is 0 Å². The third-order valence-electron chi connectivity index (χ3n) is 3.11. The van der Waals surface area contributed by atoms with E-state index in [2.05, 4.69) is 10.6 Å². The van der Waals surface area contributed by atoms with Gasteiger partial charge in [0.1, 0.15) is 0 Å². The van der Waals surface area contributed by atoms with Crippen molar-refractivity contribution in [3.8, 4) is 0 Å². The summed E-state index contributed by atoms with van der Waals surface area (Å²) in [6.07, 6.45) is 2.31. The van der Waals surface area contributed by atoms with E-state index in [9.17, 15) is 8.42 Å². The van der Waals surface area contributed by atoms with Crippen LogP contribution in [0.4, 0.5) is 0 Å². The Labute approximate surface area is 118 Å². The van der Waals surface area contributed by atoms with Crippen molar-refractivity contribution in [2.75, 3.05) is 24.7 Å². The second-order valence-electron chi connectivity index (χ2n) is 4.69. The van der Waals surface area contributed by atoms with Crippen molar-refractivity contribution in [3.05, 3.63) is 0 Å². The standard InChI is InChI=1S/C10H17ClN2O3S2/c11-8-5-18(14,15)6-9(8)13-10(17)12-4-7-2-1-3-16-7/h7-9H,1-6H2,(H2,12,13,17). The number of nitrogens with one attached hydrogen (secondary N) is 2. The maximum absolute atomic E-state index is 11.4. The molecule has 0 aliphatic carbocycles. The third kappa shape index (κ3) is 3.94. The minimum atomic E-state index is -3.03. The van der Waals surface area contributed by atoms with Crippen LogP contribution in [0.1, 0.15) is 12.8 Å². The molecular weight excluding hydrogens is 296 g/mol. The van der Waals surface area contributed by atoms with Gasteiger partial charge in [-0.1, -0.05) is 0 Å². The lowest BCUT2D eigenvalue weighted by Crippen LogP contribution is -2.47. The predicted molar refractivity (Wildman–Crippen MR) is 74.8 cm³/mol. The highest BCUT2D eigenvalue weighted by Crippen LogP contribution is 2.17. The summed E-state index contributed by atoms with van der Waals surface area (Å²) in [5, 5.41) is 6.03.